The van der Waals surface area contributed by atoms with Crippen molar-refractivity contribution in [3.05, 3.63) is 76.7 Å². The molecule has 0 spiro atoms. The summed E-state index contributed by atoms with van der Waals surface area (Å²) in [5, 5.41) is 5.82. The minimum absolute atomic E-state index is 0.209. The molecule has 0 saturated carbocycles. The zero-order valence-electron chi connectivity index (χ0n) is 14.7. The first kappa shape index (κ1) is 20.3. The molecule has 3 aromatic rings. The van der Waals surface area contributed by atoms with Gasteiger partial charge in [0.25, 0.3) is 5.91 Å². The Morgan fingerprint density at radius 3 is 2.57 bits per heavy atom. The Labute approximate surface area is 176 Å². The molecule has 0 aliphatic heterocycles. The topological polar surface area (TPSA) is 71.3 Å². The van der Waals surface area contributed by atoms with Gasteiger partial charge in [0.05, 0.1) is 27.2 Å². The predicted molar refractivity (Wildman–Crippen MR) is 114 cm³/mol. The molecule has 0 aliphatic rings. The molecule has 144 valence electrons. The van der Waals surface area contributed by atoms with Crippen molar-refractivity contribution < 1.29 is 14.0 Å². The second kappa shape index (κ2) is 9.19. The van der Waals surface area contributed by atoms with Crippen molar-refractivity contribution >= 4 is 58.2 Å². The maximum atomic E-state index is 12.5. The molecule has 3 rings (SSSR count). The molecule has 0 saturated heterocycles. The fourth-order valence-corrected chi connectivity index (χ4v) is 3.61. The van der Waals surface area contributed by atoms with Gasteiger partial charge in [-0.15, -0.1) is 11.8 Å². The number of rotatable bonds is 6. The van der Waals surface area contributed by atoms with E-state index < -0.39 is 5.25 Å². The average Bonchev–Trinajstić information content (AvgIpc) is 3.20. The lowest BCUT2D eigenvalue weighted by atomic mass is 10.3. The maximum absolute atomic E-state index is 12.5. The third-order valence-electron chi connectivity index (χ3n) is 3.73. The summed E-state index contributed by atoms with van der Waals surface area (Å²) in [7, 11) is 0. The van der Waals surface area contributed by atoms with Gasteiger partial charge in [-0.05, 0) is 49.4 Å². The molecule has 0 bridgehead atoms. The molecule has 2 aromatic carbocycles. The fourth-order valence-electron chi connectivity index (χ4n) is 2.34. The molecule has 1 aromatic heterocycles. The van der Waals surface area contributed by atoms with Crippen LogP contribution in [0.3, 0.4) is 0 Å². The van der Waals surface area contributed by atoms with Gasteiger partial charge in [0.1, 0.15) is 0 Å². The van der Waals surface area contributed by atoms with Crippen LogP contribution in [0.5, 0.6) is 0 Å². The van der Waals surface area contributed by atoms with Crippen molar-refractivity contribution in [1.29, 1.82) is 0 Å². The van der Waals surface area contributed by atoms with Crippen LogP contribution in [0.1, 0.15) is 17.5 Å². The van der Waals surface area contributed by atoms with E-state index in [-0.39, 0.29) is 17.6 Å². The molecule has 8 heteroatoms. The Morgan fingerprint density at radius 1 is 1.04 bits per heavy atom. The second-order valence-corrected chi connectivity index (χ2v) is 8.01. The van der Waals surface area contributed by atoms with Gasteiger partial charge in [-0.3, -0.25) is 9.59 Å². The number of carbonyl (C=O) groups excluding carboxylic acids is 2. The number of carbonyl (C=O) groups is 2. The van der Waals surface area contributed by atoms with Crippen LogP contribution in [0.4, 0.5) is 11.4 Å². The standard InChI is InChI=1S/C20H16Cl2N2O3S/c1-12(19(25)24-16-8-3-7-15(21)18(16)22)28-14-6-2-5-13(11-14)23-20(26)17-9-4-10-27-17/h2-12H,1H3,(H,23,26)(H,24,25). The molecular formula is C20H16Cl2N2O3S. The highest BCUT2D eigenvalue weighted by Crippen LogP contribution is 2.31. The number of benzene rings is 2. The first-order valence-electron chi connectivity index (χ1n) is 8.30. The highest BCUT2D eigenvalue weighted by Gasteiger charge is 2.17. The van der Waals surface area contributed by atoms with Crippen LogP contribution in [0.2, 0.25) is 10.0 Å². The Balaban J connectivity index is 1.63. The van der Waals surface area contributed by atoms with Gasteiger partial charge in [-0.1, -0.05) is 35.3 Å². The third kappa shape index (κ3) is 5.10. The molecule has 0 fully saturated rings. The number of nitrogens with one attached hydrogen (secondary N) is 2. The summed E-state index contributed by atoms with van der Waals surface area (Å²) in [6, 6.07) is 15.5. The highest BCUT2D eigenvalue weighted by molar-refractivity contribution is 8.00. The number of amides is 2. The van der Waals surface area contributed by atoms with Crippen molar-refractivity contribution in [2.24, 2.45) is 0 Å². The van der Waals surface area contributed by atoms with Crippen LogP contribution in [0.25, 0.3) is 0 Å². The maximum Gasteiger partial charge on any atom is 0.291 e. The summed E-state index contributed by atoms with van der Waals surface area (Å²) >= 11 is 13.4. The largest absolute Gasteiger partial charge is 0.459 e. The summed E-state index contributed by atoms with van der Waals surface area (Å²) in [5.74, 6) is -0.322. The lowest BCUT2D eigenvalue weighted by molar-refractivity contribution is -0.115. The summed E-state index contributed by atoms with van der Waals surface area (Å²) in [4.78, 5) is 25.4. The molecule has 28 heavy (non-hydrogen) atoms. The quantitative estimate of drug-likeness (QED) is 0.469. The monoisotopic (exact) mass is 434 g/mol. The zero-order valence-corrected chi connectivity index (χ0v) is 17.1. The van der Waals surface area contributed by atoms with E-state index in [9.17, 15) is 9.59 Å². The van der Waals surface area contributed by atoms with Gasteiger partial charge in [0.15, 0.2) is 5.76 Å². The van der Waals surface area contributed by atoms with E-state index in [0.29, 0.717) is 21.4 Å². The number of furan rings is 1. The van der Waals surface area contributed by atoms with Crippen molar-refractivity contribution in [2.75, 3.05) is 10.6 Å². The first-order chi connectivity index (χ1) is 13.4. The smallest absolute Gasteiger partial charge is 0.291 e. The second-order valence-electron chi connectivity index (χ2n) is 5.81. The Morgan fingerprint density at radius 2 is 1.82 bits per heavy atom. The Hall–Kier alpha value is -2.41. The normalized spacial score (nSPS) is 11.7. The van der Waals surface area contributed by atoms with Gasteiger partial charge in [0.2, 0.25) is 5.91 Å². The molecule has 2 amide bonds. The van der Waals surface area contributed by atoms with Crippen LogP contribution in [-0.4, -0.2) is 17.1 Å². The van der Waals surface area contributed by atoms with Crippen molar-refractivity contribution in [3.8, 4) is 0 Å². The molecule has 2 N–H and O–H groups in total. The first-order valence-corrected chi connectivity index (χ1v) is 9.94. The number of hydrogen-bond donors (Lipinski definition) is 2. The van der Waals surface area contributed by atoms with Gasteiger partial charge >= 0.3 is 0 Å². The van der Waals surface area contributed by atoms with E-state index in [0.717, 1.165) is 4.90 Å². The summed E-state index contributed by atoms with van der Waals surface area (Å²) < 4.78 is 5.08. The molecule has 0 radical (unpaired) electrons. The van der Waals surface area contributed by atoms with Crippen LogP contribution < -0.4 is 10.6 Å². The third-order valence-corrected chi connectivity index (χ3v) is 5.64. The molecule has 5 nitrogen and oxygen atoms in total. The number of thioether (sulfide) groups is 1. The number of halogens is 2. The van der Waals surface area contributed by atoms with Gasteiger partial charge in [-0.2, -0.15) is 0 Å². The Bertz CT molecular complexity index is 993. The molecular weight excluding hydrogens is 419 g/mol. The van der Waals surface area contributed by atoms with E-state index >= 15 is 0 Å². The van der Waals surface area contributed by atoms with E-state index in [1.54, 1.807) is 55.5 Å². The summed E-state index contributed by atoms with van der Waals surface area (Å²) in [5.41, 5.74) is 1.07. The average molecular weight is 435 g/mol. The van der Waals surface area contributed by atoms with E-state index in [1.165, 1.54) is 18.0 Å². The van der Waals surface area contributed by atoms with Crippen molar-refractivity contribution in [1.82, 2.24) is 0 Å². The number of hydrogen-bond acceptors (Lipinski definition) is 4. The lowest BCUT2D eigenvalue weighted by Crippen LogP contribution is -2.22. The van der Waals surface area contributed by atoms with Gasteiger partial charge < -0.3 is 15.1 Å². The van der Waals surface area contributed by atoms with E-state index in [1.807, 2.05) is 6.07 Å². The number of anilines is 2. The van der Waals surface area contributed by atoms with Crippen molar-refractivity contribution in [2.45, 2.75) is 17.1 Å². The van der Waals surface area contributed by atoms with Gasteiger partial charge in [-0.25, -0.2) is 0 Å². The minimum Gasteiger partial charge on any atom is -0.459 e. The molecule has 1 atom stereocenters. The predicted octanol–water partition coefficient (Wildman–Crippen LogP) is 5.96. The molecule has 1 heterocycles. The summed E-state index contributed by atoms with van der Waals surface area (Å²) in [6.45, 7) is 1.78. The Kier molecular flexibility index (Phi) is 6.67. The summed E-state index contributed by atoms with van der Waals surface area (Å²) in [6.07, 6.45) is 1.44. The van der Waals surface area contributed by atoms with Gasteiger partial charge in [0, 0.05) is 10.6 Å². The van der Waals surface area contributed by atoms with E-state index in [4.69, 9.17) is 27.6 Å². The van der Waals surface area contributed by atoms with Crippen LogP contribution in [0.15, 0.2) is 70.2 Å². The highest BCUT2D eigenvalue weighted by atomic mass is 35.5. The van der Waals surface area contributed by atoms with E-state index in [2.05, 4.69) is 10.6 Å². The minimum atomic E-state index is -0.397. The fraction of sp³-hybridized carbons (Fsp3) is 0.100. The van der Waals surface area contributed by atoms with Crippen LogP contribution in [-0.2, 0) is 4.79 Å². The lowest BCUT2D eigenvalue weighted by Gasteiger charge is -2.14. The molecule has 0 aliphatic carbocycles. The van der Waals surface area contributed by atoms with Crippen LogP contribution >= 0.6 is 35.0 Å². The van der Waals surface area contributed by atoms with Crippen LogP contribution in [0, 0.1) is 0 Å². The zero-order chi connectivity index (χ0) is 20.1. The van der Waals surface area contributed by atoms with Crippen molar-refractivity contribution in [3.63, 3.8) is 0 Å². The molecule has 1 unspecified atom stereocenters. The SMILES string of the molecule is CC(Sc1cccc(NC(=O)c2ccco2)c1)C(=O)Nc1cccc(Cl)c1Cl.